The molecule has 0 aliphatic carbocycles. The number of hydrogen-bond donors (Lipinski definition) is 1. The monoisotopic (exact) mass is 330 g/mol. The van der Waals surface area contributed by atoms with E-state index in [0.29, 0.717) is 23.6 Å². The fourth-order valence-electron chi connectivity index (χ4n) is 2.62. The van der Waals surface area contributed by atoms with Crippen molar-refractivity contribution in [3.63, 3.8) is 0 Å². The summed E-state index contributed by atoms with van der Waals surface area (Å²) in [7, 11) is 0. The molecule has 126 valence electrons. The minimum absolute atomic E-state index is 0.265. The molecule has 0 saturated heterocycles. The highest BCUT2D eigenvalue weighted by Gasteiger charge is 2.42. The van der Waals surface area contributed by atoms with Gasteiger partial charge in [0.15, 0.2) is 0 Å². The van der Waals surface area contributed by atoms with Crippen molar-refractivity contribution >= 4 is 17.4 Å². The zero-order valence-corrected chi connectivity index (χ0v) is 13.8. The van der Waals surface area contributed by atoms with E-state index in [4.69, 9.17) is 4.84 Å². The number of nitrogens with one attached hydrogen (secondary N) is 1. The van der Waals surface area contributed by atoms with E-state index in [2.05, 4.69) is 15.6 Å². The summed E-state index contributed by atoms with van der Waals surface area (Å²) >= 11 is 0. The Morgan fingerprint density at radius 2 is 2.25 bits per heavy atom. The number of oxime groups is 1. The van der Waals surface area contributed by atoms with E-state index in [1.165, 1.54) is 12.1 Å². The Bertz CT molecular complexity index is 815. The van der Waals surface area contributed by atoms with Crippen molar-refractivity contribution in [2.75, 3.05) is 5.32 Å². The van der Waals surface area contributed by atoms with Crippen molar-refractivity contribution in [3.8, 4) is 0 Å². The normalized spacial score (nSPS) is 19.8. The summed E-state index contributed by atoms with van der Waals surface area (Å²) < 4.78 is 15.1. The summed E-state index contributed by atoms with van der Waals surface area (Å²) in [5, 5.41) is 11.1. The van der Waals surface area contributed by atoms with Crippen LogP contribution in [0.5, 0.6) is 0 Å². The van der Waals surface area contributed by atoms with Gasteiger partial charge in [-0.25, -0.2) is 9.07 Å². The van der Waals surface area contributed by atoms with Crippen LogP contribution in [0.25, 0.3) is 0 Å². The molecule has 24 heavy (non-hydrogen) atoms. The van der Waals surface area contributed by atoms with Crippen LogP contribution in [0.4, 0.5) is 10.2 Å². The number of carbonyl (C=O) groups is 1. The van der Waals surface area contributed by atoms with Crippen molar-refractivity contribution < 1.29 is 14.0 Å². The molecule has 1 amide bonds. The lowest BCUT2D eigenvalue weighted by atomic mass is 9.95. The zero-order chi connectivity index (χ0) is 17.3. The van der Waals surface area contributed by atoms with Crippen LogP contribution in [0.2, 0.25) is 0 Å². The van der Waals surface area contributed by atoms with Crippen molar-refractivity contribution in [2.45, 2.75) is 39.3 Å². The number of amides is 1. The molecule has 7 heteroatoms. The summed E-state index contributed by atoms with van der Waals surface area (Å²) in [4.78, 5) is 18.0. The van der Waals surface area contributed by atoms with Gasteiger partial charge in [0.25, 0.3) is 5.91 Å². The first-order chi connectivity index (χ1) is 11.4. The van der Waals surface area contributed by atoms with E-state index in [1.54, 1.807) is 29.8 Å². The predicted molar refractivity (Wildman–Crippen MR) is 88.3 cm³/mol. The van der Waals surface area contributed by atoms with E-state index in [9.17, 15) is 9.18 Å². The Hall–Kier alpha value is -2.70. The van der Waals surface area contributed by atoms with Gasteiger partial charge in [-0.05, 0) is 32.9 Å². The van der Waals surface area contributed by atoms with Gasteiger partial charge in [-0.15, -0.1) is 0 Å². The van der Waals surface area contributed by atoms with E-state index < -0.39 is 5.60 Å². The third-order valence-corrected chi connectivity index (χ3v) is 3.94. The molecule has 0 radical (unpaired) electrons. The smallest absolute Gasteiger partial charge is 0.272 e. The zero-order valence-electron chi connectivity index (χ0n) is 13.8. The maximum atomic E-state index is 13.4. The first-order valence-corrected chi connectivity index (χ1v) is 7.78. The molecule has 1 aromatic heterocycles. The van der Waals surface area contributed by atoms with Gasteiger partial charge in [0.1, 0.15) is 11.6 Å². The standard InChI is InChI=1S/C17H19FN4O2/c1-4-22-15(8-11(2)20-22)19-16(23)17(3)10-14(21-24-17)12-6-5-7-13(18)9-12/h5-9H,4,10H2,1-3H3,(H,19,23). The molecule has 0 spiro atoms. The largest absolute Gasteiger partial charge is 0.379 e. The molecule has 1 aliphatic heterocycles. The maximum Gasteiger partial charge on any atom is 0.272 e. The summed E-state index contributed by atoms with van der Waals surface area (Å²) in [5.74, 6) is -0.0492. The highest BCUT2D eigenvalue weighted by molar-refractivity contribution is 6.07. The number of rotatable bonds is 4. The van der Waals surface area contributed by atoms with E-state index in [0.717, 1.165) is 5.69 Å². The fourth-order valence-corrected chi connectivity index (χ4v) is 2.62. The average Bonchev–Trinajstić information content (AvgIpc) is 3.11. The van der Waals surface area contributed by atoms with Crippen LogP contribution in [-0.2, 0) is 16.2 Å². The molecule has 1 aromatic carbocycles. The number of halogens is 1. The molecular formula is C17H19FN4O2. The van der Waals surface area contributed by atoms with Gasteiger partial charge < -0.3 is 10.2 Å². The van der Waals surface area contributed by atoms with Gasteiger partial charge >= 0.3 is 0 Å². The number of benzene rings is 1. The van der Waals surface area contributed by atoms with E-state index in [1.807, 2.05) is 13.8 Å². The molecule has 1 aliphatic rings. The number of aryl methyl sites for hydroxylation is 2. The Balaban J connectivity index is 1.74. The van der Waals surface area contributed by atoms with Crippen LogP contribution in [0, 0.1) is 12.7 Å². The van der Waals surface area contributed by atoms with Crippen LogP contribution in [-0.4, -0.2) is 27.0 Å². The van der Waals surface area contributed by atoms with Gasteiger partial charge in [0.2, 0.25) is 5.60 Å². The second kappa shape index (κ2) is 6.07. The van der Waals surface area contributed by atoms with Crippen LogP contribution in [0.3, 0.4) is 0 Å². The first-order valence-electron chi connectivity index (χ1n) is 7.78. The highest BCUT2D eigenvalue weighted by atomic mass is 19.1. The van der Waals surface area contributed by atoms with Crippen molar-refractivity contribution in [2.24, 2.45) is 5.16 Å². The molecule has 0 fully saturated rings. The molecule has 6 nitrogen and oxygen atoms in total. The molecule has 0 bridgehead atoms. The maximum absolute atomic E-state index is 13.4. The third-order valence-electron chi connectivity index (χ3n) is 3.94. The summed E-state index contributed by atoms with van der Waals surface area (Å²) in [6.45, 7) is 6.12. The average molecular weight is 330 g/mol. The number of aromatic nitrogens is 2. The molecule has 2 heterocycles. The quantitative estimate of drug-likeness (QED) is 0.937. The molecule has 1 N–H and O–H groups in total. The molecule has 1 atom stereocenters. The van der Waals surface area contributed by atoms with Gasteiger partial charge in [-0.2, -0.15) is 5.10 Å². The van der Waals surface area contributed by atoms with Crippen LogP contribution in [0.15, 0.2) is 35.5 Å². The highest BCUT2D eigenvalue weighted by Crippen LogP contribution is 2.28. The Kier molecular flexibility index (Phi) is 4.09. The SMILES string of the molecule is CCn1nc(C)cc1NC(=O)C1(C)CC(c2cccc(F)c2)=NO1. The minimum Gasteiger partial charge on any atom is -0.379 e. The second-order valence-electron chi connectivity index (χ2n) is 5.99. The molecule has 1 unspecified atom stereocenters. The lowest BCUT2D eigenvalue weighted by molar-refractivity contribution is -0.136. The number of hydrogen-bond acceptors (Lipinski definition) is 4. The topological polar surface area (TPSA) is 68.5 Å². The number of carbonyl (C=O) groups excluding carboxylic acids is 1. The lowest BCUT2D eigenvalue weighted by Crippen LogP contribution is -2.40. The summed E-state index contributed by atoms with van der Waals surface area (Å²) in [6, 6.07) is 7.88. The van der Waals surface area contributed by atoms with Gasteiger partial charge in [-0.1, -0.05) is 17.3 Å². The van der Waals surface area contributed by atoms with E-state index in [-0.39, 0.29) is 18.1 Å². The third kappa shape index (κ3) is 3.02. The fraction of sp³-hybridized carbons (Fsp3) is 0.353. The molecule has 3 rings (SSSR count). The summed E-state index contributed by atoms with van der Waals surface area (Å²) in [5.41, 5.74) is 0.841. The number of nitrogens with zero attached hydrogens (tertiary/aromatic N) is 3. The minimum atomic E-state index is -1.14. The Morgan fingerprint density at radius 3 is 2.96 bits per heavy atom. The lowest BCUT2D eigenvalue weighted by Gasteiger charge is -2.20. The molecular weight excluding hydrogens is 311 g/mol. The molecule has 0 saturated carbocycles. The summed E-state index contributed by atoms with van der Waals surface area (Å²) in [6.07, 6.45) is 0.265. The molecule has 2 aromatic rings. The van der Waals surface area contributed by atoms with Gasteiger partial charge in [-0.3, -0.25) is 4.79 Å². The Morgan fingerprint density at radius 1 is 1.46 bits per heavy atom. The first kappa shape index (κ1) is 16.2. The van der Waals surface area contributed by atoms with E-state index >= 15 is 0 Å². The second-order valence-corrected chi connectivity index (χ2v) is 5.99. The van der Waals surface area contributed by atoms with Gasteiger partial charge in [0.05, 0.1) is 11.4 Å². The Labute approximate surface area is 139 Å². The van der Waals surface area contributed by atoms with Gasteiger partial charge in [0, 0.05) is 24.6 Å². The number of anilines is 1. The van der Waals surface area contributed by atoms with Crippen LogP contribution >= 0.6 is 0 Å². The van der Waals surface area contributed by atoms with Crippen LogP contribution < -0.4 is 5.32 Å². The predicted octanol–water partition coefficient (Wildman–Crippen LogP) is 2.87. The van der Waals surface area contributed by atoms with Crippen LogP contribution in [0.1, 0.15) is 31.5 Å². The van der Waals surface area contributed by atoms with Crippen molar-refractivity contribution in [1.29, 1.82) is 0 Å². The van der Waals surface area contributed by atoms with Crippen molar-refractivity contribution in [1.82, 2.24) is 9.78 Å². The van der Waals surface area contributed by atoms with Crippen molar-refractivity contribution in [3.05, 3.63) is 47.4 Å².